The third-order valence-corrected chi connectivity index (χ3v) is 6.07. The molecule has 0 spiro atoms. The molecule has 156 valence electrons. The van der Waals surface area contributed by atoms with Crippen LogP contribution in [0, 0.1) is 0 Å². The Balaban J connectivity index is 1.81. The number of carbonyl (C=O) groups excluding carboxylic acids is 3. The molecule has 3 rings (SSSR count). The van der Waals surface area contributed by atoms with Gasteiger partial charge in [0, 0.05) is 0 Å². The number of ether oxygens (including phenoxy) is 1. The van der Waals surface area contributed by atoms with Gasteiger partial charge in [-0.25, -0.2) is 0 Å². The molecule has 9 nitrogen and oxygen atoms in total. The van der Waals surface area contributed by atoms with Gasteiger partial charge < -0.3 is 14.7 Å². The summed E-state index contributed by atoms with van der Waals surface area (Å²) >= 11 is 0.658. The molecule has 2 aromatic carbocycles. The summed E-state index contributed by atoms with van der Waals surface area (Å²) in [6, 6.07) is 11.7. The number of primary amides is 1. The minimum atomic E-state index is -4.09. The number of imide groups is 1. The van der Waals surface area contributed by atoms with Crippen LogP contribution in [-0.4, -0.2) is 44.0 Å². The monoisotopic (exact) mass is 448 g/mol. The maximum atomic E-state index is 12.5. The van der Waals surface area contributed by atoms with Crippen molar-refractivity contribution < 1.29 is 31.7 Å². The van der Waals surface area contributed by atoms with Crippen LogP contribution in [0.5, 0.6) is 11.5 Å². The molecular formula is C19H16N2O7S2. The number of thioether (sulfide) groups is 1. The number of rotatable bonds is 7. The molecule has 1 heterocycles. The predicted molar refractivity (Wildman–Crippen MR) is 109 cm³/mol. The van der Waals surface area contributed by atoms with E-state index in [0.717, 1.165) is 4.90 Å². The number of methoxy groups -OCH3 is 1. The molecule has 1 saturated heterocycles. The van der Waals surface area contributed by atoms with E-state index in [1.54, 1.807) is 12.1 Å². The van der Waals surface area contributed by atoms with Gasteiger partial charge in [-0.3, -0.25) is 19.3 Å². The van der Waals surface area contributed by atoms with Gasteiger partial charge in [0.2, 0.25) is 5.91 Å². The van der Waals surface area contributed by atoms with E-state index in [1.807, 2.05) is 0 Å². The van der Waals surface area contributed by atoms with E-state index in [1.165, 1.54) is 49.6 Å². The summed E-state index contributed by atoms with van der Waals surface area (Å²) in [6.45, 7) is -0.509. The Labute approximate surface area is 176 Å². The largest absolute Gasteiger partial charge is 0.497 e. The van der Waals surface area contributed by atoms with Gasteiger partial charge in [0.05, 0.1) is 12.0 Å². The van der Waals surface area contributed by atoms with Crippen LogP contribution < -0.4 is 14.7 Å². The zero-order valence-corrected chi connectivity index (χ0v) is 17.2. The van der Waals surface area contributed by atoms with Crippen molar-refractivity contribution >= 4 is 45.0 Å². The predicted octanol–water partition coefficient (Wildman–Crippen LogP) is 1.98. The van der Waals surface area contributed by atoms with Gasteiger partial charge in [-0.05, 0) is 59.8 Å². The SMILES string of the molecule is COc1ccc(S(=O)(=O)Oc2cccc(/C=C3\SC(=O)N(CC(N)=O)C3=O)c2)cc1. The summed E-state index contributed by atoms with van der Waals surface area (Å²) in [5, 5.41) is -0.612. The van der Waals surface area contributed by atoms with E-state index in [0.29, 0.717) is 23.1 Å². The van der Waals surface area contributed by atoms with Crippen molar-refractivity contribution in [3.63, 3.8) is 0 Å². The second-order valence-electron chi connectivity index (χ2n) is 6.02. The smallest absolute Gasteiger partial charge is 0.339 e. The third kappa shape index (κ3) is 4.81. The molecule has 2 N–H and O–H groups in total. The van der Waals surface area contributed by atoms with Crippen molar-refractivity contribution in [1.29, 1.82) is 0 Å². The Morgan fingerprint density at radius 2 is 1.83 bits per heavy atom. The molecule has 3 amide bonds. The van der Waals surface area contributed by atoms with Crippen molar-refractivity contribution in [2.24, 2.45) is 5.73 Å². The van der Waals surface area contributed by atoms with E-state index in [4.69, 9.17) is 14.7 Å². The number of hydrogen-bond acceptors (Lipinski definition) is 8. The molecule has 2 aromatic rings. The summed E-state index contributed by atoms with van der Waals surface area (Å²) in [7, 11) is -2.62. The standard InChI is InChI=1S/C19H16N2O7S2/c1-27-13-5-7-15(8-6-13)30(25,26)28-14-4-2-3-12(9-14)10-16-18(23)21(11-17(20)22)19(24)29-16/h2-10H,11H2,1H3,(H2,20,22)/b16-10-. The third-order valence-electron chi connectivity index (χ3n) is 3.90. The Morgan fingerprint density at radius 1 is 1.13 bits per heavy atom. The number of nitrogens with two attached hydrogens (primary N) is 1. The minimum absolute atomic E-state index is 0.0240. The number of hydrogen-bond donors (Lipinski definition) is 1. The van der Waals surface area contributed by atoms with Crippen molar-refractivity contribution in [3.05, 3.63) is 59.0 Å². The first-order chi connectivity index (χ1) is 14.2. The lowest BCUT2D eigenvalue weighted by atomic mass is 10.2. The molecule has 0 aliphatic carbocycles. The fraction of sp³-hybridized carbons (Fsp3) is 0.105. The second-order valence-corrected chi connectivity index (χ2v) is 8.56. The number of amides is 3. The fourth-order valence-corrected chi connectivity index (χ4v) is 4.28. The lowest BCUT2D eigenvalue weighted by molar-refractivity contribution is -0.127. The lowest BCUT2D eigenvalue weighted by Gasteiger charge is -2.09. The highest BCUT2D eigenvalue weighted by molar-refractivity contribution is 8.18. The fourth-order valence-electron chi connectivity index (χ4n) is 2.52. The van der Waals surface area contributed by atoms with Crippen molar-refractivity contribution in [1.82, 2.24) is 4.90 Å². The topological polar surface area (TPSA) is 133 Å². The Bertz CT molecular complexity index is 1140. The van der Waals surface area contributed by atoms with Crippen LogP contribution in [0.3, 0.4) is 0 Å². The van der Waals surface area contributed by atoms with E-state index in [-0.39, 0.29) is 15.6 Å². The molecule has 0 aromatic heterocycles. The van der Waals surface area contributed by atoms with Gasteiger partial charge in [0.25, 0.3) is 11.1 Å². The summed E-state index contributed by atoms with van der Waals surface area (Å²) in [6.07, 6.45) is 1.40. The highest BCUT2D eigenvalue weighted by atomic mass is 32.2. The maximum Gasteiger partial charge on any atom is 0.339 e. The Morgan fingerprint density at radius 3 is 2.47 bits per heavy atom. The van der Waals surface area contributed by atoms with E-state index >= 15 is 0 Å². The molecule has 1 aliphatic heterocycles. The van der Waals surface area contributed by atoms with Crippen LogP contribution in [0.15, 0.2) is 58.3 Å². The minimum Gasteiger partial charge on any atom is -0.497 e. The van der Waals surface area contributed by atoms with E-state index in [9.17, 15) is 22.8 Å². The second kappa shape index (κ2) is 8.59. The van der Waals surface area contributed by atoms with Crippen LogP contribution in [0.1, 0.15) is 5.56 Å². The highest BCUT2D eigenvalue weighted by Crippen LogP contribution is 2.32. The van der Waals surface area contributed by atoms with Crippen molar-refractivity contribution in [2.75, 3.05) is 13.7 Å². The average molecular weight is 448 g/mol. The van der Waals surface area contributed by atoms with Crippen LogP contribution in [0.4, 0.5) is 4.79 Å². The van der Waals surface area contributed by atoms with Crippen LogP contribution >= 0.6 is 11.8 Å². The van der Waals surface area contributed by atoms with Gasteiger partial charge in [0.1, 0.15) is 22.9 Å². The van der Waals surface area contributed by atoms with Crippen LogP contribution in [0.25, 0.3) is 6.08 Å². The first-order valence-electron chi connectivity index (χ1n) is 8.42. The summed E-state index contributed by atoms with van der Waals surface area (Å²) in [5.41, 5.74) is 5.48. The van der Waals surface area contributed by atoms with Gasteiger partial charge in [-0.2, -0.15) is 8.42 Å². The molecule has 0 saturated carbocycles. The number of benzene rings is 2. The van der Waals surface area contributed by atoms with Gasteiger partial charge in [0.15, 0.2) is 0 Å². The zero-order chi connectivity index (χ0) is 21.9. The highest BCUT2D eigenvalue weighted by Gasteiger charge is 2.35. The quantitative estimate of drug-likeness (QED) is 0.502. The van der Waals surface area contributed by atoms with Crippen LogP contribution in [0.2, 0.25) is 0 Å². The normalized spacial score (nSPS) is 15.5. The van der Waals surface area contributed by atoms with Gasteiger partial charge >= 0.3 is 10.1 Å². The van der Waals surface area contributed by atoms with E-state index in [2.05, 4.69) is 0 Å². The molecule has 0 unspecified atom stereocenters. The summed E-state index contributed by atoms with van der Waals surface area (Å²) in [5.74, 6) is -0.934. The number of nitrogens with zero attached hydrogens (tertiary/aromatic N) is 1. The molecule has 1 aliphatic rings. The molecule has 0 bridgehead atoms. The van der Waals surface area contributed by atoms with E-state index < -0.39 is 33.7 Å². The van der Waals surface area contributed by atoms with Crippen molar-refractivity contribution in [3.8, 4) is 11.5 Å². The lowest BCUT2D eigenvalue weighted by Crippen LogP contribution is -2.36. The first kappa shape index (κ1) is 21.4. The number of carbonyl (C=O) groups is 3. The summed E-state index contributed by atoms with van der Waals surface area (Å²) in [4.78, 5) is 35.9. The zero-order valence-electron chi connectivity index (χ0n) is 15.6. The van der Waals surface area contributed by atoms with Gasteiger partial charge in [-0.15, -0.1) is 0 Å². The molecule has 1 fully saturated rings. The average Bonchev–Trinajstić information content (AvgIpc) is 2.95. The molecule has 30 heavy (non-hydrogen) atoms. The Hall–Kier alpha value is -3.31. The Kier molecular flexibility index (Phi) is 6.13. The molecule has 0 radical (unpaired) electrons. The summed E-state index contributed by atoms with van der Waals surface area (Å²) < 4.78 is 35.1. The van der Waals surface area contributed by atoms with Gasteiger partial charge in [-0.1, -0.05) is 12.1 Å². The molecule has 0 atom stereocenters. The first-order valence-corrected chi connectivity index (χ1v) is 10.6. The van der Waals surface area contributed by atoms with Crippen molar-refractivity contribution in [2.45, 2.75) is 4.90 Å². The van der Waals surface area contributed by atoms with Crippen LogP contribution in [-0.2, 0) is 19.7 Å². The maximum absolute atomic E-state index is 12.5. The molecular weight excluding hydrogens is 432 g/mol. The molecule has 11 heteroatoms.